The number of aromatic nitrogens is 2. The molecule has 0 fully saturated rings. The molecule has 0 amide bonds. The summed E-state index contributed by atoms with van der Waals surface area (Å²) < 4.78 is 11.0. The molecule has 3 heterocycles. The van der Waals surface area contributed by atoms with Crippen molar-refractivity contribution in [3.63, 3.8) is 0 Å². The molecule has 0 N–H and O–H groups in total. The summed E-state index contributed by atoms with van der Waals surface area (Å²) in [5, 5.41) is 32.4. The maximum atomic E-state index is 10.8. The molecule has 0 aliphatic rings. The van der Waals surface area contributed by atoms with Gasteiger partial charge in [-0.15, -0.1) is 0 Å². The quantitative estimate of drug-likeness (QED) is 0.124. The summed E-state index contributed by atoms with van der Waals surface area (Å²) in [6.45, 7) is 0. The molecular weight excluding hydrogens is 773 g/mol. The second-order valence-electron chi connectivity index (χ2n) is 15.9. The summed E-state index contributed by atoms with van der Waals surface area (Å²) in [7, 11) is -3.28. The van der Waals surface area contributed by atoms with Crippen molar-refractivity contribution in [3.8, 4) is 23.5 Å². The Bertz CT molecular complexity index is 3790. The van der Waals surface area contributed by atoms with E-state index in [9.17, 15) is 10.5 Å². The highest BCUT2D eigenvalue weighted by Gasteiger charge is 2.42. The fourth-order valence-corrected chi connectivity index (χ4v) is 14.9. The molecule has 1 unspecified atom stereocenters. The predicted molar refractivity (Wildman–Crippen MR) is 255 cm³/mol. The topological polar surface area (TPSA) is 70.6 Å². The van der Waals surface area contributed by atoms with Gasteiger partial charge in [-0.1, -0.05) is 127 Å². The molecule has 0 radical (unpaired) electrons. The van der Waals surface area contributed by atoms with Crippen LogP contribution in [0.1, 0.15) is 11.1 Å². The van der Waals surface area contributed by atoms with E-state index in [1.807, 2.05) is 36.4 Å². The van der Waals surface area contributed by atoms with Crippen LogP contribution in [0.5, 0.6) is 0 Å². The van der Waals surface area contributed by atoms with E-state index in [1.165, 1.54) is 5.39 Å². The van der Waals surface area contributed by atoms with Gasteiger partial charge >= 0.3 is 0 Å². The number of nitrogens with zero attached hydrogens (tertiary/aromatic N) is 4. The smallest absolute Gasteiger partial charge is 0.179 e. The van der Waals surface area contributed by atoms with Gasteiger partial charge < -0.3 is 13.6 Å². The summed E-state index contributed by atoms with van der Waals surface area (Å²) in [6, 6.07) is 77.3. The Hall–Kier alpha value is -8.42. The minimum Gasteiger partial charge on any atom is -0.456 e. The lowest BCUT2D eigenvalue weighted by molar-refractivity contribution is 0.669. The van der Waals surface area contributed by atoms with Crippen molar-refractivity contribution in [3.05, 3.63) is 217 Å². The van der Waals surface area contributed by atoms with Crippen molar-refractivity contribution in [2.75, 3.05) is 0 Å². The molecule has 3 aromatic heterocycles. The van der Waals surface area contributed by atoms with E-state index in [1.54, 1.807) is 0 Å². The Labute approximate surface area is 357 Å². The van der Waals surface area contributed by atoms with Gasteiger partial charge in [0, 0.05) is 49.8 Å². The summed E-state index contributed by atoms with van der Waals surface area (Å²) >= 11 is 0. The van der Waals surface area contributed by atoms with Crippen molar-refractivity contribution in [1.29, 1.82) is 10.5 Å². The van der Waals surface area contributed by atoms with Gasteiger partial charge in [0.2, 0.25) is 0 Å². The molecule has 0 saturated heterocycles. The van der Waals surface area contributed by atoms with Crippen LogP contribution in [0.25, 0.3) is 76.9 Å². The first-order valence-electron chi connectivity index (χ1n) is 20.7. The zero-order valence-electron chi connectivity index (χ0n) is 33.3. The van der Waals surface area contributed by atoms with E-state index >= 15 is 0 Å². The molecule has 288 valence electrons. The molecule has 0 aliphatic heterocycles. The Balaban J connectivity index is 1.14. The van der Waals surface area contributed by atoms with Crippen LogP contribution in [0.3, 0.4) is 0 Å². The molecule has 0 spiro atoms. The fraction of sp³-hybridized carbons (Fsp3) is 0. The highest BCUT2D eigenvalue weighted by atomic mass is 28.3. The number of hydrogen-bond donors (Lipinski definition) is 0. The number of para-hydroxylation sites is 4. The molecule has 9 aromatic carbocycles. The van der Waals surface area contributed by atoms with Crippen LogP contribution in [0, 0.1) is 22.7 Å². The Morgan fingerprint density at radius 3 is 1.56 bits per heavy atom. The maximum Gasteiger partial charge on any atom is 0.179 e. The van der Waals surface area contributed by atoms with Crippen LogP contribution in [-0.4, -0.2) is 17.2 Å². The highest BCUT2D eigenvalue weighted by molar-refractivity contribution is 7.20. The average molecular weight is 807 g/mol. The zero-order valence-corrected chi connectivity index (χ0v) is 34.3. The number of hydrogen-bond acceptors (Lipinski definition) is 3. The molecule has 1 atom stereocenters. The molecule has 6 heteroatoms. The fourth-order valence-electron chi connectivity index (χ4n) is 10.1. The number of nitriles is 2. The summed E-state index contributed by atoms with van der Waals surface area (Å²) in [5.41, 5.74) is 9.15. The Morgan fingerprint density at radius 1 is 0.339 bits per heavy atom. The minimum absolute atomic E-state index is 0.572. The lowest BCUT2D eigenvalue weighted by Gasteiger charge is -2.35. The van der Waals surface area contributed by atoms with E-state index in [2.05, 4.69) is 191 Å². The van der Waals surface area contributed by atoms with Crippen LogP contribution in [0.4, 0.5) is 0 Å². The van der Waals surface area contributed by atoms with Crippen LogP contribution in [0.15, 0.2) is 211 Å². The van der Waals surface area contributed by atoms with Crippen LogP contribution >= 0.6 is 0 Å². The van der Waals surface area contributed by atoms with E-state index in [0.717, 1.165) is 92.3 Å². The van der Waals surface area contributed by atoms with Crippen LogP contribution in [0.2, 0.25) is 0 Å². The standard InChI is InChI=1S/C56H34N4OSi/c57-35-37-13-12-16-43(30-37)62(41-14-2-1-3-15-41,44-31-38(36-58)29-40(32-44)60-51-21-8-4-17-45(51)46-18-5-9-22-52(46)60)42-27-25-39(26-28-42)59-53-23-10-6-19-47(53)49-33-50-48-20-7-11-24-55(48)61-56(50)34-54(49)59/h1-34H. The van der Waals surface area contributed by atoms with Gasteiger partial charge in [-0.05, 0) is 93.5 Å². The third kappa shape index (κ3) is 5.18. The largest absolute Gasteiger partial charge is 0.456 e. The van der Waals surface area contributed by atoms with Gasteiger partial charge in [0.05, 0.1) is 45.3 Å². The summed E-state index contributed by atoms with van der Waals surface area (Å²) in [5.74, 6) is 0. The molecule has 0 aliphatic carbocycles. The molecule has 12 aromatic rings. The lowest BCUT2D eigenvalue weighted by atomic mass is 10.1. The molecule has 0 saturated carbocycles. The zero-order chi connectivity index (χ0) is 41.4. The summed E-state index contributed by atoms with van der Waals surface area (Å²) in [6.07, 6.45) is 0. The monoisotopic (exact) mass is 806 g/mol. The molecule has 62 heavy (non-hydrogen) atoms. The van der Waals surface area contributed by atoms with E-state index in [0.29, 0.717) is 11.1 Å². The lowest BCUT2D eigenvalue weighted by Crippen LogP contribution is -2.74. The van der Waals surface area contributed by atoms with Crippen LogP contribution < -0.4 is 20.7 Å². The predicted octanol–water partition coefficient (Wildman–Crippen LogP) is 10.9. The van der Waals surface area contributed by atoms with Crippen molar-refractivity contribution >= 4 is 94.4 Å². The first-order valence-corrected chi connectivity index (χ1v) is 22.7. The van der Waals surface area contributed by atoms with Crippen molar-refractivity contribution in [1.82, 2.24) is 9.13 Å². The Kier molecular flexibility index (Phi) is 7.92. The maximum absolute atomic E-state index is 10.8. The number of fused-ring (bicyclic) bond motifs is 9. The van der Waals surface area contributed by atoms with Gasteiger partial charge in [-0.2, -0.15) is 10.5 Å². The first kappa shape index (κ1) is 35.5. The normalized spacial score (nSPS) is 12.6. The van der Waals surface area contributed by atoms with E-state index in [4.69, 9.17) is 4.42 Å². The van der Waals surface area contributed by atoms with Crippen molar-refractivity contribution in [2.45, 2.75) is 0 Å². The van der Waals surface area contributed by atoms with Crippen molar-refractivity contribution < 1.29 is 4.42 Å². The Morgan fingerprint density at radius 2 is 0.887 bits per heavy atom. The number of furan rings is 1. The third-order valence-corrected chi connectivity index (χ3v) is 17.4. The first-order chi connectivity index (χ1) is 30.6. The molecule has 5 nitrogen and oxygen atoms in total. The second-order valence-corrected chi connectivity index (χ2v) is 19.7. The van der Waals surface area contributed by atoms with Gasteiger partial charge in [0.15, 0.2) is 8.07 Å². The van der Waals surface area contributed by atoms with E-state index < -0.39 is 8.07 Å². The van der Waals surface area contributed by atoms with Gasteiger partial charge in [0.1, 0.15) is 11.2 Å². The summed E-state index contributed by atoms with van der Waals surface area (Å²) in [4.78, 5) is 0. The van der Waals surface area contributed by atoms with Crippen molar-refractivity contribution in [2.24, 2.45) is 0 Å². The second kappa shape index (κ2) is 13.8. The SMILES string of the molecule is N#Cc1cccc([Si](c2ccccc2)(c2ccc(-n3c4ccccc4c4cc5c(cc43)oc3ccccc35)cc2)c2cc(C#N)cc(-n3c4ccccc4c4ccccc43)c2)c1. The van der Waals surface area contributed by atoms with E-state index in [-0.39, 0.29) is 0 Å². The molecule has 12 rings (SSSR count). The average Bonchev–Trinajstić information content (AvgIpc) is 3.99. The van der Waals surface area contributed by atoms with Gasteiger partial charge in [0.25, 0.3) is 0 Å². The third-order valence-electron chi connectivity index (χ3n) is 12.7. The minimum atomic E-state index is -3.28. The van der Waals surface area contributed by atoms with Gasteiger partial charge in [-0.25, -0.2) is 0 Å². The molecule has 0 bridgehead atoms. The van der Waals surface area contributed by atoms with Crippen LogP contribution in [-0.2, 0) is 0 Å². The van der Waals surface area contributed by atoms with Gasteiger partial charge in [-0.3, -0.25) is 0 Å². The highest BCUT2D eigenvalue weighted by Crippen LogP contribution is 2.38. The molecular formula is C56H34N4OSi. The number of rotatable bonds is 6. The number of benzene rings is 9.